The van der Waals surface area contributed by atoms with Gasteiger partial charge in [0, 0.05) is 10.1 Å². The Hall–Kier alpha value is -0.620. The van der Waals surface area contributed by atoms with Crippen LogP contribution in [0.1, 0.15) is 58.4 Å². The number of hydrogen-bond donors (Lipinski definition) is 0. The highest BCUT2D eigenvalue weighted by molar-refractivity contribution is 14.1. The second-order valence-corrected chi connectivity index (χ2v) is 10.0. The Morgan fingerprint density at radius 3 is 2.44 bits per heavy atom. The van der Waals surface area contributed by atoms with E-state index in [9.17, 15) is 4.79 Å². The fourth-order valence-electron chi connectivity index (χ4n) is 5.50. The summed E-state index contributed by atoms with van der Waals surface area (Å²) in [7, 11) is 0. The maximum atomic E-state index is 13.1. The Kier molecular flexibility index (Phi) is 4.64. The minimum atomic E-state index is -0.379. The largest absolute Gasteiger partial charge is 0.271 e. The lowest BCUT2D eigenvalue weighted by molar-refractivity contribution is -0.245. The maximum absolute atomic E-state index is 13.1. The molecule has 0 aromatic heterocycles. The number of halogens is 1. The first-order valence-corrected chi connectivity index (χ1v) is 10.8. The van der Waals surface area contributed by atoms with Crippen LogP contribution in [0.3, 0.4) is 0 Å². The van der Waals surface area contributed by atoms with E-state index in [0.717, 1.165) is 12.5 Å². The lowest BCUT2D eigenvalue weighted by Crippen LogP contribution is -2.78. The summed E-state index contributed by atoms with van der Waals surface area (Å²) in [6, 6.07) is 8.98. The van der Waals surface area contributed by atoms with Gasteiger partial charge >= 0.3 is 0 Å². The molecule has 2 unspecified atom stereocenters. The third-order valence-corrected chi connectivity index (χ3v) is 7.78. The molecule has 1 aromatic carbocycles. The summed E-state index contributed by atoms with van der Waals surface area (Å²) in [5.41, 5.74) is 0.944. The van der Waals surface area contributed by atoms with Gasteiger partial charge in [0.05, 0.1) is 6.04 Å². The van der Waals surface area contributed by atoms with Crippen molar-refractivity contribution in [1.82, 2.24) is 10.0 Å². The van der Waals surface area contributed by atoms with Crippen LogP contribution in [-0.2, 0) is 11.3 Å². The average molecular weight is 452 g/mol. The van der Waals surface area contributed by atoms with Crippen molar-refractivity contribution in [1.29, 1.82) is 0 Å². The van der Waals surface area contributed by atoms with Gasteiger partial charge in [0.2, 0.25) is 0 Å². The number of rotatable bonds is 3. The molecule has 2 aliphatic carbocycles. The van der Waals surface area contributed by atoms with Crippen molar-refractivity contribution in [2.24, 2.45) is 17.8 Å². The summed E-state index contributed by atoms with van der Waals surface area (Å²) >= 11 is 2.41. The van der Waals surface area contributed by atoms with E-state index in [4.69, 9.17) is 0 Å². The van der Waals surface area contributed by atoms with Crippen molar-refractivity contribution in [2.45, 2.75) is 71.0 Å². The minimum absolute atomic E-state index is 0.329. The van der Waals surface area contributed by atoms with Crippen molar-refractivity contribution in [3.63, 3.8) is 0 Å². The highest BCUT2D eigenvalue weighted by atomic mass is 127. The Morgan fingerprint density at radius 2 is 1.80 bits per heavy atom. The van der Waals surface area contributed by atoms with E-state index in [-0.39, 0.29) is 5.54 Å². The van der Waals surface area contributed by atoms with Gasteiger partial charge in [0.1, 0.15) is 5.54 Å². The molecule has 0 radical (unpaired) electrons. The van der Waals surface area contributed by atoms with Crippen molar-refractivity contribution < 1.29 is 4.79 Å². The first kappa shape index (κ1) is 17.8. The molecule has 4 rings (SSSR count). The zero-order chi connectivity index (χ0) is 17.8. The minimum Gasteiger partial charge on any atom is -0.271 e. The van der Waals surface area contributed by atoms with Gasteiger partial charge in [-0.25, -0.2) is 0 Å². The fourth-order valence-corrected chi connectivity index (χ4v) is 6.05. The molecular formula is C21H29IN2O. The molecule has 136 valence electrons. The Bertz CT molecular complexity index is 660. The van der Waals surface area contributed by atoms with Crippen LogP contribution in [0.4, 0.5) is 0 Å². The molecule has 3 fully saturated rings. The monoisotopic (exact) mass is 452 g/mol. The second kappa shape index (κ2) is 6.52. The highest BCUT2D eigenvalue weighted by Crippen LogP contribution is 2.49. The van der Waals surface area contributed by atoms with Crippen LogP contribution in [0.5, 0.6) is 0 Å². The number of nitrogens with zero attached hydrogens (tertiary/aromatic N) is 2. The van der Waals surface area contributed by atoms with Gasteiger partial charge in [0.15, 0.2) is 0 Å². The number of hydrazine groups is 1. The van der Waals surface area contributed by atoms with Gasteiger partial charge in [-0.1, -0.05) is 31.5 Å². The molecule has 1 amide bonds. The number of amides is 1. The molecule has 1 aromatic rings. The van der Waals surface area contributed by atoms with Crippen molar-refractivity contribution >= 4 is 28.5 Å². The first-order chi connectivity index (χ1) is 11.9. The summed E-state index contributed by atoms with van der Waals surface area (Å²) in [6.07, 6.45) is 6.53. The third kappa shape index (κ3) is 2.93. The fraction of sp³-hybridized carbons (Fsp3) is 0.667. The number of hydrogen-bond acceptors (Lipinski definition) is 2. The van der Waals surface area contributed by atoms with E-state index in [1.807, 2.05) is 0 Å². The standard InChI is InChI=1S/C21H29IN2O/c1-14-11-15-8-6-9-16(12-14)19(15)24-20(25)21(2,3)23(24)13-17-7-4-5-10-18(17)22/h4-5,7,10,14-16,19H,6,8-9,11-13H2,1-3H3. The van der Waals surface area contributed by atoms with Crippen LogP contribution in [0.25, 0.3) is 0 Å². The van der Waals surface area contributed by atoms with Crippen LogP contribution in [0.2, 0.25) is 0 Å². The van der Waals surface area contributed by atoms with E-state index in [2.05, 4.69) is 77.6 Å². The van der Waals surface area contributed by atoms with E-state index in [1.54, 1.807) is 0 Å². The lowest BCUT2D eigenvalue weighted by atomic mass is 9.64. The maximum Gasteiger partial charge on any atom is 0.258 e. The summed E-state index contributed by atoms with van der Waals surface area (Å²) < 4.78 is 1.28. The van der Waals surface area contributed by atoms with Crippen molar-refractivity contribution in [2.75, 3.05) is 0 Å². The summed E-state index contributed by atoms with van der Waals surface area (Å²) in [5, 5.41) is 4.54. The predicted octanol–water partition coefficient (Wildman–Crippen LogP) is 4.84. The van der Waals surface area contributed by atoms with Crippen molar-refractivity contribution in [3.8, 4) is 0 Å². The number of carbonyl (C=O) groups excluding carboxylic acids is 1. The zero-order valence-corrected chi connectivity index (χ0v) is 17.7. The quantitative estimate of drug-likeness (QED) is 0.613. The molecule has 2 bridgehead atoms. The second-order valence-electron chi connectivity index (χ2n) is 8.88. The van der Waals surface area contributed by atoms with E-state index < -0.39 is 0 Å². The molecule has 4 heteroatoms. The molecule has 25 heavy (non-hydrogen) atoms. The Labute approximate surface area is 165 Å². The predicted molar refractivity (Wildman–Crippen MR) is 109 cm³/mol. The molecule has 3 aliphatic rings. The molecule has 2 saturated carbocycles. The summed E-state index contributed by atoms with van der Waals surface area (Å²) in [5.74, 6) is 2.54. The van der Waals surface area contributed by atoms with E-state index in [0.29, 0.717) is 23.8 Å². The average Bonchev–Trinajstić information content (AvgIpc) is 2.56. The molecule has 3 nitrogen and oxygen atoms in total. The van der Waals surface area contributed by atoms with Gasteiger partial charge in [-0.05, 0) is 91.5 Å². The van der Waals surface area contributed by atoms with Crippen LogP contribution in [0, 0.1) is 21.3 Å². The van der Waals surface area contributed by atoms with Gasteiger partial charge in [0.25, 0.3) is 5.91 Å². The molecule has 1 saturated heterocycles. The number of benzene rings is 1. The van der Waals surface area contributed by atoms with Crippen LogP contribution in [0.15, 0.2) is 24.3 Å². The third-order valence-electron chi connectivity index (χ3n) is 6.72. The zero-order valence-electron chi connectivity index (χ0n) is 15.5. The van der Waals surface area contributed by atoms with Gasteiger partial charge in [-0.3, -0.25) is 9.80 Å². The molecule has 0 N–H and O–H groups in total. The van der Waals surface area contributed by atoms with Gasteiger partial charge in [-0.15, -0.1) is 0 Å². The van der Waals surface area contributed by atoms with Crippen LogP contribution in [-0.4, -0.2) is 27.5 Å². The first-order valence-electron chi connectivity index (χ1n) is 9.74. The molecular weight excluding hydrogens is 423 g/mol. The molecule has 1 aliphatic heterocycles. The Morgan fingerprint density at radius 1 is 1.16 bits per heavy atom. The Balaban J connectivity index is 1.62. The molecule has 2 atom stereocenters. The van der Waals surface area contributed by atoms with Crippen LogP contribution >= 0.6 is 22.6 Å². The number of carbonyl (C=O) groups is 1. The smallest absolute Gasteiger partial charge is 0.258 e. The van der Waals surface area contributed by atoms with Gasteiger partial charge < -0.3 is 0 Å². The summed E-state index contributed by atoms with van der Waals surface area (Å²) in [4.78, 5) is 13.1. The normalized spacial score (nSPS) is 34.7. The summed E-state index contributed by atoms with van der Waals surface area (Å²) in [6.45, 7) is 7.41. The highest BCUT2D eigenvalue weighted by Gasteiger charge is 2.58. The molecule has 0 spiro atoms. The van der Waals surface area contributed by atoms with Gasteiger partial charge in [-0.2, -0.15) is 5.01 Å². The van der Waals surface area contributed by atoms with Crippen molar-refractivity contribution in [3.05, 3.63) is 33.4 Å². The topological polar surface area (TPSA) is 23.6 Å². The number of fused-ring (bicyclic) bond motifs is 2. The molecule has 1 heterocycles. The lowest BCUT2D eigenvalue weighted by Gasteiger charge is -2.63. The van der Waals surface area contributed by atoms with Crippen LogP contribution < -0.4 is 0 Å². The van der Waals surface area contributed by atoms with E-state index in [1.165, 1.54) is 41.2 Å². The SMILES string of the molecule is CC1CC2CCCC(C1)C2N1C(=O)C(C)(C)N1Cc1ccccc1I. The van der Waals surface area contributed by atoms with E-state index >= 15 is 0 Å².